The van der Waals surface area contributed by atoms with Crippen molar-refractivity contribution >= 4 is 54.4 Å². The molecule has 0 unspecified atom stereocenters. The van der Waals surface area contributed by atoms with Crippen LogP contribution in [0.25, 0.3) is 99.1 Å². The van der Waals surface area contributed by atoms with E-state index in [4.69, 9.17) is 0 Å². The molecule has 0 bridgehead atoms. The van der Waals surface area contributed by atoms with Gasteiger partial charge in [0.05, 0.1) is 22.1 Å². The van der Waals surface area contributed by atoms with Crippen molar-refractivity contribution < 1.29 is 0 Å². The molecule has 11 rings (SSSR count). The van der Waals surface area contributed by atoms with E-state index < -0.39 is 0 Å². The topological polar surface area (TPSA) is 9.86 Å². The van der Waals surface area contributed by atoms with Crippen LogP contribution in [0.5, 0.6) is 0 Å². The summed E-state index contributed by atoms with van der Waals surface area (Å²) in [4.78, 5) is 0. The van der Waals surface area contributed by atoms with E-state index in [1.165, 1.54) is 99.1 Å². The highest BCUT2D eigenvalue weighted by Crippen LogP contribution is 2.38. The van der Waals surface area contributed by atoms with E-state index in [0.717, 1.165) is 0 Å². The van der Waals surface area contributed by atoms with Crippen LogP contribution in [0.3, 0.4) is 0 Å². The molecule has 9 aromatic carbocycles. The maximum Gasteiger partial charge on any atom is 0.0541 e. The first-order valence-corrected chi connectivity index (χ1v) is 18.6. The van der Waals surface area contributed by atoms with Crippen molar-refractivity contribution in [2.24, 2.45) is 0 Å². The molecule has 2 heterocycles. The summed E-state index contributed by atoms with van der Waals surface area (Å²) in [6, 6.07) is 75.2. The molecule has 0 radical (unpaired) electrons. The number of nitrogens with zero attached hydrogens (tertiary/aromatic N) is 2. The second-order valence-corrected chi connectivity index (χ2v) is 14.2. The van der Waals surface area contributed by atoms with Crippen LogP contribution in [0.4, 0.5) is 0 Å². The highest BCUT2D eigenvalue weighted by Gasteiger charge is 2.15. The summed E-state index contributed by atoms with van der Waals surface area (Å²) in [5.41, 5.74) is 14.5. The van der Waals surface area contributed by atoms with E-state index in [1.807, 2.05) is 0 Å². The molecule has 252 valence electrons. The predicted molar refractivity (Wildman–Crippen MR) is 229 cm³/mol. The number of rotatable bonds is 5. The van der Waals surface area contributed by atoms with Gasteiger partial charge in [0.25, 0.3) is 0 Å². The van der Waals surface area contributed by atoms with Crippen LogP contribution in [-0.2, 0) is 0 Å². The Morgan fingerprint density at radius 3 is 1.24 bits per heavy atom. The molecule has 2 heteroatoms. The van der Waals surface area contributed by atoms with E-state index in [2.05, 4.69) is 215 Å². The summed E-state index contributed by atoms with van der Waals surface area (Å²) in [7, 11) is 0. The molecule has 0 aliphatic rings. The van der Waals surface area contributed by atoms with Gasteiger partial charge in [0.15, 0.2) is 0 Å². The fraction of sp³-hybridized carbons (Fsp3) is 0. The van der Waals surface area contributed by atoms with Crippen molar-refractivity contribution in [2.45, 2.75) is 0 Å². The third-order valence-corrected chi connectivity index (χ3v) is 11.1. The van der Waals surface area contributed by atoms with E-state index in [0.29, 0.717) is 0 Å². The number of fused-ring (bicyclic) bond motifs is 7. The number of benzene rings is 9. The van der Waals surface area contributed by atoms with Crippen LogP contribution in [-0.4, -0.2) is 9.13 Å². The molecule has 0 spiro atoms. The van der Waals surface area contributed by atoms with Gasteiger partial charge in [-0.05, 0) is 111 Å². The molecule has 2 aromatic heterocycles. The van der Waals surface area contributed by atoms with E-state index in [-0.39, 0.29) is 0 Å². The highest BCUT2D eigenvalue weighted by molar-refractivity contribution is 6.12. The lowest BCUT2D eigenvalue weighted by Crippen LogP contribution is -1.94. The van der Waals surface area contributed by atoms with Crippen LogP contribution < -0.4 is 0 Å². The molecule has 0 atom stereocenters. The van der Waals surface area contributed by atoms with Crippen LogP contribution in [0.2, 0.25) is 0 Å². The lowest BCUT2D eigenvalue weighted by molar-refractivity contribution is 1.18. The second-order valence-electron chi connectivity index (χ2n) is 14.2. The Balaban J connectivity index is 0.960. The maximum atomic E-state index is 2.41. The normalized spacial score (nSPS) is 11.7. The first-order valence-electron chi connectivity index (χ1n) is 18.6. The number of hydrogen-bond donors (Lipinski definition) is 0. The fourth-order valence-corrected chi connectivity index (χ4v) is 8.48. The van der Waals surface area contributed by atoms with Crippen molar-refractivity contribution in [3.8, 4) is 44.8 Å². The summed E-state index contributed by atoms with van der Waals surface area (Å²) in [6.07, 6.45) is 0. The molecule has 0 aliphatic carbocycles. The summed E-state index contributed by atoms with van der Waals surface area (Å²) in [5, 5.41) is 7.52. The van der Waals surface area contributed by atoms with Gasteiger partial charge in [-0.1, -0.05) is 140 Å². The van der Waals surface area contributed by atoms with Crippen molar-refractivity contribution in [1.82, 2.24) is 9.13 Å². The zero-order valence-electron chi connectivity index (χ0n) is 29.5. The minimum absolute atomic E-state index is 1.17. The van der Waals surface area contributed by atoms with Crippen molar-refractivity contribution in [2.75, 3.05) is 0 Å². The molecule has 0 N–H and O–H groups in total. The van der Waals surface area contributed by atoms with Gasteiger partial charge in [0, 0.05) is 32.9 Å². The molecule has 0 saturated carbocycles. The maximum absolute atomic E-state index is 2.41. The zero-order valence-corrected chi connectivity index (χ0v) is 29.5. The minimum atomic E-state index is 1.17. The lowest BCUT2D eigenvalue weighted by atomic mass is 9.98. The van der Waals surface area contributed by atoms with Gasteiger partial charge < -0.3 is 9.13 Å². The van der Waals surface area contributed by atoms with Gasteiger partial charge in [0.1, 0.15) is 0 Å². The second kappa shape index (κ2) is 12.2. The van der Waals surface area contributed by atoms with E-state index in [9.17, 15) is 0 Å². The van der Waals surface area contributed by atoms with Crippen LogP contribution >= 0.6 is 0 Å². The first kappa shape index (κ1) is 30.5. The van der Waals surface area contributed by atoms with Gasteiger partial charge in [-0.25, -0.2) is 0 Å². The Hall–Kier alpha value is -7.16. The van der Waals surface area contributed by atoms with E-state index >= 15 is 0 Å². The Morgan fingerprint density at radius 1 is 0.222 bits per heavy atom. The quantitative estimate of drug-likeness (QED) is 0.171. The predicted octanol–water partition coefficient (Wildman–Crippen LogP) is 14.0. The summed E-state index contributed by atoms with van der Waals surface area (Å²) < 4.78 is 4.78. The number of hydrogen-bond acceptors (Lipinski definition) is 0. The molecule has 0 aliphatic heterocycles. The summed E-state index contributed by atoms with van der Waals surface area (Å²) in [5.74, 6) is 0. The standard InChI is InChI=1S/C52H34N2/c1-3-11-35(12-4-1)38-23-24-40-32-44(28-25-39(40)31-38)54-50-18-10-8-16-46(50)48-34-42(27-30-52(48)54)37-21-19-36(20-22-37)41-26-29-51-47(33-41)45-15-7-9-17-49(45)53(51)43-13-5-2-6-14-43/h1-34H. The zero-order chi connectivity index (χ0) is 35.6. The molecule has 0 amide bonds. The molecular weight excluding hydrogens is 653 g/mol. The summed E-state index contributed by atoms with van der Waals surface area (Å²) in [6.45, 7) is 0. The van der Waals surface area contributed by atoms with Crippen molar-refractivity contribution in [3.63, 3.8) is 0 Å². The molecule has 11 aromatic rings. The Bertz CT molecular complexity index is 3180. The van der Waals surface area contributed by atoms with Crippen LogP contribution in [0.1, 0.15) is 0 Å². The van der Waals surface area contributed by atoms with Crippen molar-refractivity contribution in [3.05, 3.63) is 206 Å². The van der Waals surface area contributed by atoms with Gasteiger partial charge in [-0.15, -0.1) is 0 Å². The minimum Gasteiger partial charge on any atom is -0.309 e. The highest BCUT2D eigenvalue weighted by atomic mass is 15.0. The molecule has 2 nitrogen and oxygen atoms in total. The fourth-order valence-electron chi connectivity index (χ4n) is 8.48. The molecule has 54 heavy (non-hydrogen) atoms. The third-order valence-electron chi connectivity index (χ3n) is 11.1. The smallest absolute Gasteiger partial charge is 0.0541 e. The van der Waals surface area contributed by atoms with Crippen LogP contribution in [0.15, 0.2) is 206 Å². The SMILES string of the molecule is c1ccc(-c2ccc3cc(-n4c5ccccc5c5cc(-c6ccc(-c7ccc8c(c7)c7ccccc7n8-c7ccccc7)cc6)ccc54)ccc3c2)cc1. The number of aromatic nitrogens is 2. The lowest BCUT2D eigenvalue weighted by Gasteiger charge is -2.11. The molecular formula is C52H34N2. The Morgan fingerprint density at radius 2 is 0.630 bits per heavy atom. The Kier molecular flexibility index (Phi) is 6.90. The van der Waals surface area contributed by atoms with Gasteiger partial charge in [0.2, 0.25) is 0 Å². The summed E-state index contributed by atoms with van der Waals surface area (Å²) >= 11 is 0. The van der Waals surface area contributed by atoms with Gasteiger partial charge >= 0.3 is 0 Å². The van der Waals surface area contributed by atoms with E-state index in [1.54, 1.807) is 0 Å². The van der Waals surface area contributed by atoms with Crippen LogP contribution in [0, 0.1) is 0 Å². The third kappa shape index (κ3) is 4.88. The average Bonchev–Trinajstić information content (AvgIpc) is 3.76. The van der Waals surface area contributed by atoms with Crippen molar-refractivity contribution in [1.29, 1.82) is 0 Å². The Labute approximate surface area is 313 Å². The van der Waals surface area contributed by atoms with Gasteiger partial charge in [-0.2, -0.15) is 0 Å². The largest absolute Gasteiger partial charge is 0.309 e. The number of para-hydroxylation sites is 3. The first-order chi connectivity index (χ1) is 26.8. The average molecular weight is 687 g/mol. The monoisotopic (exact) mass is 686 g/mol. The van der Waals surface area contributed by atoms with Gasteiger partial charge in [-0.3, -0.25) is 0 Å². The molecule has 0 saturated heterocycles. The molecule has 0 fully saturated rings.